The quantitative estimate of drug-likeness (QED) is 0.215. The molecule has 186 valence electrons. The van der Waals surface area contributed by atoms with Crippen LogP contribution in [0.15, 0.2) is 72.4 Å². The molecule has 0 amide bonds. The first-order valence-electron chi connectivity index (χ1n) is 10.3. The highest BCUT2D eigenvalue weighted by molar-refractivity contribution is 14.1. The number of imidazole rings is 2. The third kappa shape index (κ3) is 5.71. The molecule has 0 saturated heterocycles. The van der Waals surface area contributed by atoms with E-state index in [0.717, 1.165) is 42.7 Å². The maximum absolute atomic E-state index is 12.2. The second kappa shape index (κ2) is 10.6. The maximum Gasteiger partial charge on any atom is 0.240 e. The molecular weight excluding hydrogens is 861 g/mol. The van der Waals surface area contributed by atoms with Gasteiger partial charge >= 0.3 is 0 Å². The molecule has 0 unspecified atom stereocenters. The number of nitrogens with one attached hydrogen (secondary N) is 1. The molecule has 1 aromatic carbocycles. The molecule has 4 aromatic heterocycles. The minimum Gasteiger partial charge on any atom is -0.295 e. The lowest BCUT2D eigenvalue weighted by Gasteiger charge is -2.07. The summed E-state index contributed by atoms with van der Waals surface area (Å²) in [4.78, 5) is 17.2. The van der Waals surface area contributed by atoms with Gasteiger partial charge in [0.2, 0.25) is 10.0 Å². The molecule has 0 radical (unpaired) electrons. The SMILES string of the molecule is Brc1cn2c(I)cnc2c(Br)n1.O=S(=O)(NC1CC1)c1ccc(-c2cnc3c(Br)nc(Br)cn23)cc1. The van der Waals surface area contributed by atoms with Crippen molar-refractivity contribution in [2.24, 2.45) is 0 Å². The van der Waals surface area contributed by atoms with E-state index in [4.69, 9.17) is 0 Å². The summed E-state index contributed by atoms with van der Waals surface area (Å²) in [5.41, 5.74) is 3.26. The smallest absolute Gasteiger partial charge is 0.240 e. The minimum absolute atomic E-state index is 0.0932. The monoisotopic (exact) mass is 871 g/mol. The van der Waals surface area contributed by atoms with Crippen molar-refractivity contribution in [2.75, 3.05) is 0 Å². The Kier molecular flexibility index (Phi) is 7.87. The number of nitrogens with zero attached hydrogens (tertiary/aromatic N) is 6. The molecule has 4 heterocycles. The molecule has 1 fully saturated rings. The zero-order valence-electron chi connectivity index (χ0n) is 17.9. The van der Waals surface area contributed by atoms with E-state index >= 15 is 0 Å². The van der Waals surface area contributed by atoms with Gasteiger partial charge in [0.25, 0.3) is 0 Å². The lowest BCUT2D eigenvalue weighted by molar-refractivity contribution is 0.581. The Morgan fingerprint density at radius 1 is 0.861 bits per heavy atom. The first-order valence-corrected chi connectivity index (χ1v) is 16.0. The van der Waals surface area contributed by atoms with Crippen LogP contribution in [0.25, 0.3) is 22.6 Å². The van der Waals surface area contributed by atoms with Gasteiger partial charge in [-0.1, -0.05) is 12.1 Å². The van der Waals surface area contributed by atoms with Crippen molar-refractivity contribution in [3.8, 4) is 11.3 Å². The van der Waals surface area contributed by atoms with Crippen LogP contribution in [0.2, 0.25) is 0 Å². The summed E-state index contributed by atoms with van der Waals surface area (Å²) in [7, 11) is -3.44. The Labute approximate surface area is 253 Å². The second-order valence-corrected chi connectivity index (χ2v) is 13.7. The fraction of sp³-hybridized carbons (Fsp3) is 0.143. The van der Waals surface area contributed by atoms with Crippen LogP contribution in [0.5, 0.6) is 0 Å². The van der Waals surface area contributed by atoms with E-state index in [2.05, 4.69) is 111 Å². The summed E-state index contributed by atoms with van der Waals surface area (Å²) in [5.74, 6) is 0. The van der Waals surface area contributed by atoms with Gasteiger partial charge in [-0.3, -0.25) is 8.80 Å². The van der Waals surface area contributed by atoms with Crippen molar-refractivity contribution in [2.45, 2.75) is 23.8 Å². The van der Waals surface area contributed by atoms with Crippen LogP contribution in [-0.4, -0.2) is 43.2 Å². The molecule has 15 heteroatoms. The normalized spacial score (nSPS) is 13.7. The van der Waals surface area contributed by atoms with Crippen LogP contribution in [-0.2, 0) is 10.0 Å². The topological polar surface area (TPSA) is 107 Å². The van der Waals surface area contributed by atoms with E-state index < -0.39 is 10.0 Å². The molecule has 0 atom stereocenters. The van der Waals surface area contributed by atoms with Gasteiger partial charge < -0.3 is 0 Å². The van der Waals surface area contributed by atoms with Crippen molar-refractivity contribution in [3.63, 3.8) is 0 Å². The molecule has 36 heavy (non-hydrogen) atoms. The minimum atomic E-state index is -3.44. The Morgan fingerprint density at radius 2 is 1.42 bits per heavy atom. The first-order chi connectivity index (χ1) is 17.1. The van der Waals surface area contributed by atoms with Crippen molar-refractivity contribution < 1.29 is 8.42 Å². The third-order valence-electron chi connectivity index (χ3n) is 5.16. The van der Waals surface area contributed by atoms with E-state index in [1.54, 1.807) is 36.7 Å². The van der Waals surface area contributed by atoms with E-state index in [1.165, 1.54) is 0 Å². The van der Waals surface area contributed by atoms with E-state index in [1.807, 2.05) is 21.2 Å². The van der Waals surface area contributed by atoms with Crippen molar-refractivity contribution in [1.82, 2.24) is 33.5 Å². The number of benzene rings is 1. The van der Waals surface area contributed by atoms with E-state index in [9.17, 15) is 8.42 Å². The summed E-state index contributed by atoms with van der Waals surface area (Å²) in [6.07, 6.45) is 9.07. The molecule has 1 saturated carbocycles. The number of halogens is 5. The molecule has 9 nitrogen and oxygen atoms in total. The van der Waals surface area contributed by atoms with Crippen LogP contribution in [0.1, 0.15) is 12.8 Å². The van der Waals surface area contributed by atoms with Gasteiger partial charge in [-0.05, 0) is 111 Å². The number of hydrogen-bond donors (Lipinski definition) is 1. The van der Waals surface area contributed by atoms with Gasteiger partial charge in [-0.25, -0.2) is 33.1 Å². The van der Waals surface area contributed by atoms with Crippen LogP contribution >= 0.6 is 86.3 Å². The van der Waals surface area contributed by atoms with Gasteiger partial charge in [0.15, 0.2) is 20.5 Å². The summed E-state index contributed by atoms with van der Waals surface area (Å²) in [6, 6.07) is 6.89. The molecule has 1 aliphatic carbocycles. The second-order valence-electron chi connectivity index (χ2n) is 7.74. The summed E-state index contributed by atoms with van der Waals surface area (Å²) in [5, 5.41) is 0. The van der Waals surface area contributed by atoms with E-state index in [0.29, 0.717) is 14.9 Å². The average Bonchev–Trinajstić information content (AvgIpc) is 3.39. The number of hydrogen-bond acceptors (Lipinski definition) is 6. The largest absolute Gasteiger partial charge is 0.295 e. The number of aromatic nitrogens is 6. The van der Waals surface area contributed by atoms with Gasteiger partial charge in [0, 0.05) is 24.0 Å². The summed E-state index contributed by atoms with van der Waals surface area (Å²) < 4.78 is 34.9. The Hall–Kier alpha value is -0.980. The summed E-state index contributed by atoms with van der Waals surface area (Å²) in [6.45, 7) is 0. The van der Waals surface area contributed by atoms with Gasteiger partial charge in [-0.2, -0.15) is 0 Å². The lowest BCUT2D eigenvalue weighted by Crippen LogP contribution is -2.25. The van der Waals surface area contributed by atoms with Crippen LogP contribution < -0.4 is 4.72 Å². The molecule has 0 spiro atoms. The van der Waals surface area contributed by atoms with Gasteiger partial charge in [0.1, 0.15) is 12.9 Å². The van der Waals surface area contributed by atoms with Crippen LogP contribution in [0.3, 0.4) is 0 Å². The Bertz CT molecular complexity index is 1700. The predicted molar refractivity (Wildman–Crippen MR) is 158 cm³/mol. The Balaban J connectivity index is 0.000000186. The highest BCUT2D eigenvalue weighted by Crippen LogP contribution is 2.27. The highest BCUT2D eigenvalue weighted by atomic mass is 127. The van der Waals surface area contributed by atoms with Crippen molar-refractivity contribution >= 4 is 108 Å². The van der Waals surface area contributed by atoms with Gasteiger partial charge in [0.05, 0.1) is 23.0 Å². The predicted octanol–water partition coefficient (Wildman–Crippen LogP) is 6.22. The zero-order valence-corrected chi connectivity index (χ0v) is 27.2. The lowest BCUT2D eigenvalue weighted by atomic mass is 10.2. The fourth-order valence-corrected chi connectivity index (χ4v) is 7.35. The number of rotatable bonds is 4. The van der Waals surface area contributed by atoms with Crippen LogP contribution in [0.4, 0.5) is 0 Å². The zero-order chi connectivity index (χ0) is 25.6. The molecule has 1 N–H and O–H groups in total. The molecular formula is C21H14Br4IN7O2S. The van der Waals surface area contributed by atoms with Gasteiger partial charge in [-0.15, -0.1) is 0 Å². The van der Waals surface area contributed by atoms with E-state index in [-0.39, 0.29) is 10.9 Å². The average molecular weight is 875 g/mol. The molecule has 0 aliphatic heterocycles. The standard InChI is InChI=1S/C15H12Br2N4O2S.C6H2Br2IN3/c16-13-8-21-12(7-18-15(21)14(17)19-13)9-1-5-11(6-2-9)24(22,23)20-10-3-4-10;7-3-2-12-4(9)1-10-6(12)5(8)11-3/h1-2,5-8,10,20H,3-4H2;1-2H. The number of sulfonamides is 1. The first kappa shape index (κ1) is 26.6. The molecule has 5 aromatic rings. The number of fused-ring (bicyclic) bond motifs is 2. The fourth-order valence-electron chi connectivity index (χ4n) is 3.33. The highest BCUT2D eigenvalue weighted by Gasteiger charge is 2.28. The molecule has 0 bridgehead atoms. The van der Waals surface area contributed by atoms with Crippen molar-refractivity contribution in [3.05, 3.63) is 71.2 Å². The molecule has 1 aliphatic rings. The third-order valence-corrected chi connectivity index (χ3v) is 9.32. The van der Waals surface area contributed by atoms with Crippen molar-refractivity contribution in [1.29, 1.82) is 0 Å². The maximum atomic E-state index is 12.2. The molecule has 6 rings (SSSR count). The summed E-state index contributed by atoms with van der Waals surface area (Å²) >= 11 is 15.6. The Morgan fingerprint density at radius 3 is 2.03 bits per heavy atom. The van der Waals surface area contributed by atoms with Crippen LogP contribution in [0, 0.1) is 3.70 Å².